The largest absolute Gasteiger partial charge is 0.419 e. The highest BCUT2D eigenvalue weighted by molar-refractivity contribution is 5.73. The minimum absolute atomic E-state index is 0.0327. The van der Waals surface area contributed by atoms with Gasteiger partial charge in [-0.25, -0.2) is 18.7 Å². The SMILES string of the molecule is CCNC=O.CNNC(C)c1ccc(-c2cccc(F)c2C(F)(F)F)cc1F.Cc1ncc(C=O)cn1. The van der Waals surface area contributed by atoms with Gasteiger partial charge in [-0.1, -0.05) is 24.3 Å². The second-order valence-electron chi connectivity index (χ2n) is 7.37. The summed E-state index contributed by atoms with van der Waals surface area (Å²) in [6, 6.07) is 6.33. The number of nitrogens with zero attached hydrogens (tertiary/aromatic N) is 2. The lowest BCUT2D eigenvalue weighted by molar-refractivity contribution is -0.139. The second kappa shape index (κ2) is 15.4. The van der Waals surface area contributed by atoms with Gasteiger partial charge in [-0.15, -0.1) is 0 Å². The van der Waals surface area contributed by atoms with Crippen LogP contribution in [0.25, 0.3) is 11.1 Å². The first-order chi connectivity index (χ1) is 17.5. The number of nitrogens with one attached hydrogen (secondary N) is 3. The summed E-state index contributed by atoms with van der Waals surface area (Å²) in [7, 11) is 1.62. The van der Waals surface area contributed by atoms with E-state index in [2.05, 4.69) is 26.1 Å². The van der Waals surface area contributed by atoms with Gasteiger partial charge in [0.2, 0.25) is 6.41 Å². The average Bonchev–Trinajstić information content (AvgIpc) is 2.85. The number of amides is 1. The Bertz CT molecular complexity index is 1140. The maximum absolute atomic E-state index is 14.2. The van der Waals surface area contributed by atoms with Gasteiger partial charge in [0, 0.05) is 30.5 Å². The number of carbonyl (C=O) groups is 2. The molecular weight excluding hydrogens is 497 g/mol. The Hall–Kier alpha value is -3.77. The molecule has 0 aliphatic heterocycles. The van der Waals surface area contributed by atoms with Crippen molar-refractivity contribution < 1.29 is 31.5 Å². The summed E-state index contributed by atoms with van der Waals surface area (Å²) in [6.07, 6.45) is -0.471. The van der Waals surface area contributed by atoms with Crippen LogP contribution >= 0.6 is 0 Å². The van der Waals surface area contributed by atoms with E-state index >= 15 is 0 Å². The monoisotopic (exact) mass is 525 g/mol. The molecule has 12 heteroatoms. The van der Waals surface area contributed by atoms with Crippen molar-refractivity contribution in [3.63, 3.8) is 0 Å². The Kier molecular flexibility index (Phi) is 13.0. The third-order valence-corrected chi connectivity index (χ3v) is 4.66. The molecule has 3 N–H and O–H groups in total. The zero-order chi connectivity index (χ0) is 28.0. The van der Waals surface area contributed by atoms with Crippen molar-refractivity contribution in [1.29, 1.82) is 0 Å². The third kappa shape index (κ3) is 10.0. The fourth-order valence-corrected chi connectivity index (χ4v) is 2.94. The molecule has 3 aromatic rings. The molecule has 1 heterocycles. The molecule has 200 valence electrons. The normalized spacial score (nSPS) is 11.3. The lowest BCUT2D eigenvalue weighted by Crippen LogP contribution is -2.30. The highest BCUT2D eigenvalue weighted by Gasteiger charge is 2.37. The van der Waals surface area contributed by atoms with Gasteiger partial charge in [0.05, 0.1) is 11.1 Å². The van der Waals surface area contributed by atoms with Crippen LogP contribution in [-0.2, 0) is 11.0 Å². The van der Waals surface area contributed by atoms with Gasteiger partial charge in [-0.05, 0) is 51.1 Å². The molecule has 0 radical (unpaired) electrons. The Balaban J connectivity index is 0.000000400. The number of carbonyl (C=O) groups excluding carboxylic acids is 2. The quantitative estimate of drug-likeness (QED) is 0.233. The number of alkyl halides is 3. The standard InChI is InChI=1S/C16H15F5N2.C6H6N2O.C3H7NO/c1-9(23-22-2)11-7-6-10(8-14(11)18)12-4-3-5-13(17)15(12)16(19,20)21;1-5-7-2-6(4-9)3-8-5;1-2-4-3-5/h3-9,22-23H,1-2H3;2-4H,1H3;3H,2H2,1H3,(H,4,5). The first kappa shape index (κ1) is 31.3. The predicted octanol–water partition coefficient (Wildman–Crippen LogP) is 4.79. The second-order valence-corrected chi connectivity index (χ2v) is 7.37. The number of aryl methyl sites for hydroxylation is 1. The summed E-state index contributed by atoms with van der Waals surface area (Å²) in [5, 5.41) is 2.43. The zero-order valence-electron chi connectivity index (χ0n) is 20.7. The molecule has 0 bridgehead atoms. The van der Waals surface area contributed by atoms with Crippen molar-refractivity contribution in [3.05, 3.63) is 82.9 Å². The van der Waals surface area contributed by atoms with Crippen LogP contribution in [0, 0.1) is 18.6 Å². The molecule has 0 fully saturated rings. The zero-order valence-corrected chi connectivity index (χ0v) is 20.7. The molecule has 3 rings (SSSR count). The van der Waals surface area contributed by atoms with Crippen LogP contribution in [0.5, 0.6) is 0 Å². The molecule has 1 atom stereocenters. The molecule has 1 aromatic heterocycles. The fourth-order valence-electron chi connectivity index (χ4n) is 2.94. The van der Waals surface area contributed by atoms with E-state index in [-0.39, 0.29) is 17.2 Å². The summed E-state index contributed by atoms with van der Waals surface area (Å²) < 4.78 is 67.0. The van der Waals surface area contributed by atoms with Gasteiger partial charge in [-0.2, -0.15) is 13.2 Å². The molecule has 0 aliphatic rings. The molecule has 37 heavy (non-hydrogen) atoms. The lowest BCUT2D eigenvalue weighted by atomic mass is 9.96. The van der Waals surface area contributed by atoms with Crippen molar-refractivity contribution in [2.45, 2.75) is 33.0 Å². The van der Waals surface area contributed by atoms with Crippen LogP contribution in [0.3, 0.4) is 0 Å². The summed E-state index contributed by atoms with van der Waals surface area (Å²) >= 11 is 0. The molecule has 0 saturated carbocycles. The maximum Gasteiger partial charge on any atom is 0.419 e. The minimum atomic E-state index is -4.86. The van der Waals surface area contributed by atoms with E-state index in [9.17, 15) is 31.5 Å². The van der Waals surface area contributed by atoms with Crippen molar-refractivity contribution in [1.82, 2.24) is 26.1 Å². The maximum atomic E-state index is 14.2. The average molecular weight is 526 g/mol. The van der Waals surface area contributed by atoms with Gasteiger partial charge in [-0.3, -0.25) is 20.4 Å². The number of halogens is 5. The molecule has 0 saturated heterocycles. The lowest BCUT2D eigenvalue weighted by Gasteiger charge is -2.17. The number of hydrogen-bond acceptors (Lipinski definition) is 6. The van der Waals surface area contributed by atoms with Crippen molar-refractivity contribution in [2.24, 2.45) is 0 Å². The fraction of sp³-hybridized carbons (Fsp3) is 0.280. The van der Waals surface area contributed by atoms with E-state index in [0.29, 0.717) is 17.8 Å². The topological polar surface area (TPSA) is 96.0 Å². The first-order valence-electron chi connectivity index (χ1n) is 11.0. The number of aromatic nitrogens is 2. The summed E-state index contributed by atoms with van der Waals surface area (Å²) in [4.78, 5) is 26.9. The predicted molar refractivity (Wildman–Crippen MR) is 129 cm³/mol. The number of hydrazine groups is 1. The van der Waals surface area contributed by atoms with E-state index in [1.807, 2.05) is 6.92 Å². The molecule has 0 aliphatic carbocycles. The van der Waals surface area contributed by atoms with Crippen LogP contribution in [0.1, 0.15) is 47.2 Å². The van der Waals surface area contributed by atoms with Crippen LogP contribution in [0.15, 0.2) is 48.8 Å². The van der Waals surface area contributed by atoms with Crippen LogP contribution in [0.4, 0.5) is 22.0 Å². The minimum Gasteiger partial charge on any atom is -0.359 e. The van der Waals surface area contributed by atoms with E-state index < -0.39 is 28.9 Å². The summed E-state index contributed by atoms with van der Waals surface area (Å²) in [5.74, 6) is -1.37. The molecule has 1 amide bonds. The number of rotatable bonds is 7. The van der Waals surface area contributed by atoms with Crippen LogP contribution in [-0.4, -0.2) is 36.3 Å². The van der Waals surface area contributed by atoms with Crippen LogP contribution < -0.4 is 16.2 Å². The Morgan fingerprint density at radius 2 is 1.68 bits per heavy atom. The van der Waals surface area contributed by atoms with E-state index in [0.717, 1.165) is 37.1 Å². The molecule has 7 nitrogen and oxygen atoms in total. The molecule has 1 unspecified atom stereocenters. The molecule has 2 aromatic carbocycles. The van der Waals surface area contributed by atoms with Crippen molar-refractivity contribution in [3.8, 4) is 11.1 Å². The van der Waals surface area contributed by atoms with Crippen molar-refractivity contribution >= 4 is 12.7 Å². The van der Waals surface area contributed by atoms with Gasteiger partial charge in [0.15, 0.2) is 6.29 Å². The van der Waals surface area contributed by atoms with Crippen LogP contribution in [0.2, 0.25) is 0 Å². The van der Waals surface area contributed by atoms with Gasteiger partial charge >= 0.3 is 6.18 Å². The number of hydrogen-bond donors (Lipinski definition) is 3. The van der Waals surface area contributed by atoms with Gasteiger partial charge in [0.25, 0.3) is 0 Å². The van der Waals surface area contributed by atoms with Crippen molar-refractivity contribution in [2.75, 3.05) is 13.6 Å². The smallest absolute Gasteiger partial charge is 0.359 e. The van der Waals surface area contributed by atoms with E-state index in [1.165, 1.54) is 24.5 Å². The number of benzene rings is 2. The molecular formula is C25H28F5N5O2. The van der Waals surface area contributed by atoms with E-state index in [1.54, 1.807) is 20.9 Å². The first-order valence-corrected chi connectivity index (χ1v) is 11.0. The Morgan fingerprint density at radius 1 is 1.03 bits per heavy atom. The molecule has 0 spiro atoms. The Labute approximate surface area is 211 Å². The summed E-state index contributed by atoms with van der Waals surface area (Å²) in [5.41, 5.74) is 4.42. The van der Waals surface area contributed by atoms with Gasteiger partial charge < -0.3 is 5.32 Å². The summed E-state index contributed by atoms with van der Waals surface area (Å²) in [6.45, 7) is 6.06. The number of aldehydes is 1. The van der Waals surface area contributed by atoms with E-state index in [4.69, 9.17) is 0 Å². The highest BCUT2D eigenvalue weighted by Crippen LogP contribution is 2.39. The highest BCUT2D eigenvalue weighted by atomic mass is 19.4. The van der Waals surface area contributed by atoms with Gasteiger partial charge in [0.1, 0.15) is 17.5 Å². The third-order valence-electron chi connectivity index (χ3n) is 4.66. The Morgan fingerprint density at radius 3 is 2.14 bits per heavy atom.